The van der Waals surface area contributed by atoms with E-state index < -0.39 is 23.9 Å². The van der Waals surface area contributed by atoms with Gasteiger partial charge in [-0.2, -0.15) is 0 Å². The zero-order valence-electron chi connectivity index (χ0n) is 11.1. The van der Waals surface area contributed by atoms with Gasteiger partial charge < -0.3 is 20.4 Å². The second-order valence-electron chi connectivity index (χ2n) is 3.02. The molecule has 0 aliphatic rings. The number of hydrogen-bond acceptors (Lipinski definition) is 4. The van der Waals surface area contributed by atoms with Crippen molar-refractivity contribution in [2.45, 2.75) is 26.7 Å². The van der Waals surface area contributed by atoms with E-state index >= 15 is 0 Å². The van der Waals surface area contributed by atoms with Crippen LogP contribution in [-0.4, -0.2) is 44.3 Å². The molecule has 8 nitrogen and oxygen atoms in total. The average Bonchev–Trinajstić information content (AvgIpc) is 2.35. The Morgan fingerprint density at radius 2 is 0.750 bits per heavy atom. The highest BCUT2D eigenvalue weighted by Crippen LogP contribution is 1.76. The van der Waals surface area contributed by atoms with Crippen LogP contribution in [0.2, 0.25) is 0 Å². The van der Waals surface area contributed by atoms with Gasteiger partial charge in [-0.3, -0.25) is 0 Å². The summed E-state index contributed by atoms with van der Waals surface area (Å²) in [7, 11) is 0. The monoisotopic (exact) mass is 290 g/mol. The number of carbonyl (C=O) groups is 4. The fraction of sp³-hybridized carbons (Fsp3) is 0.333. The maximum atomic E-state index is 9.55. The van der Waals surface area contributed by atoms with Crippen LogP contribution in [0, 0.1) is 0 Å². The lowest BCUT2D eigenvalue weighted by molar-refractivity contribution is -0.134. The fourth-order valence-corrected chi connectivity index (χ4v) is 0.285. The molecular formula is C12H18O8. The van der Waals surface area contributed by atoms with Gasteiger partial charge in [0.1, 0.15) is 0 Å². The van der Waals surface area contributed by atoms with Gasteiger partial charge in [0.05, 0.1) is 0 Å². The van der Waals surface area contributed by atoms with Crippen molar-refractivity contribution in [3.63, 3.8) is 0 Å². The van der Waals surface area contributed by atoms with E-state index in [0.717, 1.165) is 0 Å². The van der Waals surface area contributed by atoms with E-state index in [2.05, 4.69) is 13.8 Å². The predicted octanol–water partition coefficient (Wildman–Crippen LogP) is 1.23. The third kappa shape index (κ3) is 45.3. The van der Waals surface area contributed by atoms with Crippen LogP contribution in [-0.2, 0) is 19.2 Å². The summed E-state index contributed by atoms with van der Waals surface area (Å²) in [6, 6.07) is 0. The zero-order valence-corrected chi connectivity index (χ0v) is 11.1. The lowest BCUT2D eigenvalue weighted by atomic mass is 10.4. The van der Waals surface area contributed by atoms with Crippen LogP contribution in [0.3, 0.4) is 0 Å². The highest BCUT2D eigenvalue weighted by atomic mass is 16.4. The molecule has 0 aliphatic carbocycles. The van der Waals surface area contributed by atoms with Crippen molar-refractivity contribution in [2.24, 2.45) is 0 Å². The van der Waals surface area contributed by atoms with Crippen molar-refractivity contribution < 1.29 is 39.6 Å². The molecule has 0 radical (unpaired) electrons. The maximum Gasteiger partial charge on any atom is 0.328 e. The van der Waals surface area contributed by atoms with E-state index in [0.29, 0.717) is 24.3 Å². The molecule has 0 spiro atoms. The minimum absolute atomic E-state index is 0.558. The number of aliphatic carboxylic acids is 4. The van der Waals surface area contributed by atoms with Gasteiger partial charge in [0.25, 0.3) is 0 Å². The molecule has 0 aliphatic heterocycles. The Kier molecular flexibility index (Phi) is 18.4. The fourth-order valence-electron chi connectivity index (χ4n) is 0.285. The summed E-state index contributed by atoms with van der Waals surface area (Å²) in [6.07, 6.45) is 4.87. The lowest BCUT2D eigenvalue weighted by Crippen LogP contribution is -1.91. The molecule has 20 heavy (non-hydrogen) atoms. The Hall–Kier alpha value is -2.64. The Morgan fingerprint density at radius 1 is 0.600 bits per heavy atom. The second kappa shape index (κ2) is 16.4. The summed E-state index contributed by atoms with van der Waals surface area (Å²) >= 11 is 0. The Balaban J connectivity index is -0.000000230. The topological polar surface area (TPSA) is 149 Å². The number of unbranched alkanes of at least 4 members (excludes halogenated alkanes) is 1. The lowest BCUT2D eigenvalue weighted by Gasteiger charge is -1.74. The molecule has 0 saturated carbocycles. The molecule has 0 bridgehead atoms. The van der Waals surface area contributed by atoms with Crippen LogP contribution in [0.5, 0.6) is 0 Å². The van der Waals surface area contributed by atoms with Crippen LogP contribution in [0.4, 0.5) is 0 Å². The second-order valence-corrected chi connectivity index (χ2v) is 3.02. The van der Waals surface area contributed by atoms with E-state index in [-0.39, 0.29) is 0 Å². The first-order valence-corrected chi connectivity index (χ1v) is 5.45. The standard InChI is InChI=1S/2C4H4O4.C4H10/c2*5-3(6)1-2-4(7)8;1-3-4-2/h2*1-2H,(H,5,6)(H,7,8);3-4H2,1-2H3/b2-1+;2-1-;. The van der Waals surface area contributed by atoms with E-state index in [1.165, 1.54) is 12.8 Å². The third-order valence-corrected chi connectivity index (χ3v) is 1.24. The van der Waals surface area contributed by atoms with Gasteiger partial charge in [0.2, 0.25) is 0 Å². The molecule has 0 aromatic heterocycles. The van der Waals surface area contributed by atoms with Gasteiger partial charge in [-0.15, -0.1) is 0 Å². The molecular weight excluding hydrogens is 272 g/mol. The van der Waals surface area contributed by atoms with E-state index in [9.17, 15) is 19.2 Å². The molecule has 0 aromatic carbocycles. The van der Waals surface area contributed by atoms with Crippen LogP contribution < -0.4 is 0 Å². The first-order chi connectivity index (χ1) is 9.17. The Labute approximate surface area is 115 Å². The van der Waals surface area contributed by atoms with Crippen molar-refractivity contribution in [1.29, 1.82) is 0 Å². The van der Waals surface area contributed by atoms with Gasteiger partial charge in [-0.1, -0.05) is 26.7 Å². The van der Waals surface area contributed by atoms with Gasteiger partial charge >= 0.3 is 23.9 Å². The van der Waals surface area contributed by atoms with Crippen LogP contribution in [0.15, 0.2) is 24.3 Å². The van der Waals surface area contributed by atoms with Gasteiger partial charge in [-0.25, -0.2) is 19.2 Å². The van der Waals surface area contributed by atoms with E-state index in [1.54, 1.807) is 0 Å². The summed E-state index contributed by atoms with van der Waals surface area (Å²) in [5, 5.41) is 31.2. The Bertz CT molecular complexity index is 300. The van der Waals surface area contributed by atoms with Crippen LogP contribution >= 0.6 is 0 Å². The highest BCUT2D eigenvalue weighted by Gasteiger charge is 1.88. The molecule has 8 heteroatoms. The SMILES string of the molecule is CCCC.O=C(O)/C=C/C(=O)O.O=C(O)/C=C\C(=O)O. The maximum absolute atomic E-state index is 9.55. The molecule has 0 aromatic rings. The summed E-state index contributed by atoms with van der Waals surface area (Å²) in [6.45, 7) is 4.36. The summed E-state index contributed by atoms with van der Waals surface area (Å²) in [5.74, 6) is -5.03. The van der Waals surface area contributed by atoms with E-state index in [1.807, 2.05) is 0 Å². The van der Waals surface area contributed by atoms with Crippen molar-refractivity contribution in [3.8, 4) is 0 Å². The zero-order chi connectivity index (χ0) is 16.6. The van der Waals surface area contributed by atoms with Gasteiger partial charge in [-0.05, 0) is 0 Å². The van der Waals surface area contributed by atoms with Crippen molar-refractivity contribution in [1.82, 2.24) is 0 Å². The van der Waals surface area contributed by atoms with Crippen molar-refractivity contribution in [3.05, 3.63) is 24.3 Å². The van der Waals surface area contributed by atoms with E-state index in [4.69, 9.17) is 20.4 Å². The highest BCUT2D eigenvalue weighted by molar-refractivity contribution is 5.90. The van der Waals surface area contributed by atoms with Crippen LogP contribution in [0.25, 0.3) is 0 Å². The summed E-state index contributed by atoms with van der Waals surface area (Å²) in [4.78, 5) is 38.2. The molecule has 0 rings (SSSR count). The molecule has 0 amide bonds. The van der Waals surface area contributed by atoms with Crippen LogP contribution in [0.1, 0.15) is 26.7 Å². The summed E-state index contributed by atoms with van der Waals surface area (Å²) < 4.78 is 0. The molecule has 0 unspecified atom stereocenters. The number of hydrogen-bond donors (Lipinski definition) is 4. The molecule has 0 fully saturated rings. The minimum atomic E-state index is -1.26. The normalized spacial score (nSPS) is 9.10. The Morgan fingerprint density at radius 3 is 0.800 bits per heavy atom. The first kappa shape index (κ1) is 22.5. The summed E-state index contributed by atoms with van der Waals surface area (Å²) in [5.41, 5.74) is 0. The number of carboxylic acids is 4. The molecule has 114 valence electrons. The van der Waals surface area contributed by atoms with Gasteiger partial charge in [0.15, 0.2) is 0 Å². The third-order valence-electron chi connectivity index (χ3n) is 1.24. The quantitative estimate of drug-likeness (QED) is 0.552. The van der Waals surface area contributed by atoms with Crippen molar-refractivity contribution >= 4 is 23.9 Å². The number of rotatable bonds is 5. The van der Waals surface area contributed by atoms with Crippen molar-refractivity contribution in [2.75, 3.05) is 0 Å². The largest absolute Gasteiger partial charge is 0.478 e. The predicted molar refractivity (Wildman–Crippen MR) is 69.4 cm³/mol. The number of carboxylic acid groups (broad SMARTS) is 4. The van der Waals surface area contributed by atoms with Gasteiger partial charge in [0, 0.05) is 24.3 Å². The average molecular weight is 290 g/mol. The molecule has 0 atom stereocenters. The smallest absolute Gasteiger partial charge is 0.328 e. The molecule has 4 N–H and O–H groups in total. The molecule has 0 heterocycles. The molecule has 0 saturated heterocycles. The first-order valence-electron chi connectivity index (χ1n) is 5.45. The minimum Gasteiger partial charge on any atom is -0.478 e.